The molecule has 2 rings (SSSR count). The van der Waals surface area contributed by atoms with E-state index in [1.165, 1.54) is 12.1 Å². The topological polar surface area (TPSA) is 44.4 Å². The smallest absolute Gasteiger partial charge is 0.234 e. The van der Waals surface area contributed by atoms with Crippen LogP contribution in [0, 0.1) is 5.82 Å². The Labute approximate surface area is 125 Å². The lowest BCUT2D eigenvalue weighted by atomic mass is 10.1. The molecule has 1 aliphatic rings. The van der Waals surface area contributed by atoms with E-state index in [9.17, 15) is 9.18 Å². The third-order valence-corrected chi connectivity index (χ3v) is 3.89. The Balaban J connectivity index is 1.70. The highest BCUT2D eigenvalue weighted by atomic mass is 19.1. The van der Waals surface area contributed by atoms with Crippen LogP contribution in [0.15, 0.2) is 24.3 Å². The second-order valence-electron chi connectivity index (χ2n) is 5.81. The van der Waals surface area contributed by atoms with E-state index in [-0.39, 0.29) is 11.7 Å². The van der Waals surface area contributed by atoms with Crippen molar-refractivity contribution in [2.24, 2.45) is 0 Å². The summed E-state index contributed by atoms with van der Waals surface area (Å²) in [5, 5.41) is 6.33. The largest absolute Gasteiger partial charge is 0.355 e. The average Bonchev–Trinajstić information content (AvgIpc) is 2.45. The van der Waals surface area contributed by atoms with E-state index in [0.29, 0.717) is 25.2 Å². The van der Waals surface area contributed by atoms with Crippen LogP contribution >= 0.6 is 0 Å². The minimum Gasteiger partial charge on any atom is -0.355 e. The molecule has 0 spiro atoms. The summed E-state index contributed by atoms with van der Waals surface area (Å²) < 4.78 is 12.8. The Morgan fingerprint density at radius 3 is 2.81 bits per heavy atom. The molecule has 2 unspecified atom stereocenters. The molecule has 116 valence electrons. The zero-order chi connectivity index (χ0) is 15.2. The van der Waals surface area contributed by atoms with Crippen molar-refractivity contribution in [1.29, 1.82) is 0 Å². The van der Waals surface area contributed by atoms with Gasteiger partial charge in [-0.15, -0.1) is 0 Å². The van der Waals surface area contributed by atoms with E-state index in [4.69, 9.17) is 0 Å². The molecular formula is C16H24FN3O. The lowest BCUT2D eigenvalue weighted by molar-refractivity contribution is -0.123. The van der Waals surface area contributed by atoms with Crippen molar-refractivity contribution in [2.75, 3.05) is 26.2 Å². The maximum absolute atomic E-state index is 12.8. The van der Waals surface area contributed by atoms with Gasteiger partial charge in [-0.25, -0.2) is 4.39 Å². The van der Waals surface area contributed by atoms with Gasteiger partial charge in [0.05, 0.1) is 6.54 Å². The SMILES string of the molecule is CC1CN(CC(=O)NCCc2ccc(F)cc2)C(C)CN1. The molecule has 1 aromatic rings. The van der Waals surface area contributed by atoms with Gasteiger partial charge in [-0.3, -0.25) is 9.69 Å². The van der Waals surface area contributed by atoms with Gasteiger partial charge in [0.25, 0.3) is 0 Å². The average molecular weight is 293 g/mol. The van der Waals surface area contributed by atoms with Gasteiger partial charge in [0, 0.05) is 31.7 Å². The summed E-state index contributed by atoms with van der Waals surface area (Å²) in [6, 6.07) is 7.20. The number of carbonyl (C=O) groups excluding carboxylic acids is 1. The highest BCUT2D eigenvalue weighted by Gasteiger charge is 2.23. The van der Waals surface area contributed by atoms with Crippen LogP contribution in [-0.2, 0) is 11.2 Å². The summed E-state index contributed by atoms with van der Waals surface area (Å²) in [4.78, 5) is 14.2. The number of nitrogens with zero attached hydrogens (tertiary/aromatic N) is 1. The third kappa shape index (κ3) is 5.10. The van der Waals surface area contributed by atoms with Crippen LogP contribution < -0.4 is 10.6 Å². The van der Waals surface area contributed by atoms with Gasteiger partial charge in [0.2, 0.25) is 5.91 Å². The van der Waals surface area contributed by atoms with Crippen LogP contribution in [0.5, 0.6) is 0 Å². The zero-order valence-corrected chi connectivity index (χ0v) is 12.7. The molecule has 21 heavy (non-hydrogen) atoms. The van der Waals surface area contributed by atoms with Crippen LogP contribution in [0.2, 0.25) is 0 Å². The molecule has 0 radical (unpaired) electrons. The molecule has 1 aliphatic heterocycles. The fourth-order valence-electron chi connectivity index (χ4n) is 2.56. The van der Waals surface area contributed by atoms with E-state index >= 15 is 0 Å². The minimum absolute atomic E-state index is 0.0538. The van der Waals surface area contributed by atoms with E-state index < -0.39 is 0 Å². The van der Waals surface area contributed by atoms with E-state index in [0.717, 1.165) is 25.1 Å². The predicted molar refractivity (Wildman–Crippen MR) is 81.6 cm³/mol. The molecular weight excluding hydrogens is 269 g/mol. The Bertz CT molecular complexity index is 463. The maximum atomic E-state index is 12.8. The van der Waals surface area contributed by atoms with Crippen LogP contribution in [0.25, 0.3) is 0 Å². The Morgan fingerprint density at radius 1 is 1.38 bits per heavy atom. The second-order valence-corrected chi connectivity index (χ2v) is 5.81. The molecule has 1 fully saturated rings. The molecule has 2 N–H and O–H groups in total. The molecule has 0 bridgehead atoms. The molecule has 0 aromatic heterocycles. The van der Waals surface area contributed by atoms with Crippen LogP contribution in [0.4, 0.5) is 4.39 Å². The first-order chi connectivity index (χ1) is 10.0. The predicted octanol–water partition coefficient (Wildman–Crippen LogP) is 1.17. The van der Waals surface area contributed by atoms with Crippen molar-refractivity contribution in [1.82, 2.24) is 15.5 Å². The summed E-state index contributed by atoms with van der Waals surface area (Å²) in [7, 11) is 0. The van der Waals surface area contributed by atoms with Gasteiger partial charge in [-0.2, -0.15) is 0 Å². The minimum atomic E-state index is -0.232. The van der Waals surface area contributed by atoms with E-state index in [1.807, 2.05) is 0 Å². The summed E-state index contributed by atoms with van der Waals surface area (Å²) in [5.41, 5.74) is 1.03. The number of halogens is 1. The quantitative estimate of drug-likeness (QED) is 0.856. The van der Waals surface area contributed by atoms with Gasteiger partial charge >= 0.3 is 0 Å². The molecule has 2 atom stereocenters. The number of rotatable bonds is 5. The standard InChI is InChI=1S/C16H24FN3O/c1-12-10-20(13(2)9-19-12)11-16(21)18-8-7-14-3-5-15(17)6-4-14/h3-6,12-13,19H,7-11H2,1-2H3,(H,18,21). The van der Waals surface area contributed by atoms with Gasteiger partial charge in [0.15, 0.2) is 0 Å². The third-order valence-electron chi connectivity index (χ3n) is 3.89. The normalized spacial score (nSPS) is 23.0. The molecule has 0 aliphatic carbocycles. The van der Waals surface area contributed by atoms with Crippen molar-refractivity contribution < 1.29 is 9.18 Å². The van der Waals surface area contributed by atoms with Gasteiger partial charge < -0.3 is 10.6 Å². The Hall–Kier alpha value is -1.46. The monoisotopic (exact) mass is 293 g/mol. The number of benzene rings is 1. The van der Waals surface area contributed by atoms with Gasteiger partial charge in [-0.05, 0) is 38.0 Å². The number of carbonyl (C=O) groups is 1. The Kier molecular flexibility index (Phi) is 5.70. The first-order valence-electron chi connectivity index (χ1n) is 7.53. The van der Waals surface area contributed by atoms with Crippen molar-refractivity contribution in [3.63, 3.8) is 0 Å². The lowest BCUT2D eigenvalue weighted by Crippen LogP contribution is -2.56. The molecule has 1 heterocycles. The van der Waals surface area contributed by atoms with Crippen LogP contribution in [0.3, 0.4) is 0 Å². The second kappa shape index (κ2) is 7.52. The van der Waals surface area contributed by atoms with E-state index in [2.05, 4.69) is 29.4 Å². The molecule has 1 amide bonds. The molecule has 5 heteroatoms. The number of hydrogen-bond donors (Lipinski definition) is 2. The number of amides is 1. The number of piperazine rings is 1. The summed E-state index contributed by atoms with van der Waals surface area (Å²) >= 11 is 0. The lowest BCUT2D eigenvalue weighted by Gasteiger charge is -2.36. The molecule has 1 saturated heterocycles. The molecule has 4 nitrogen and oxygen atoms in total. The fraction of sp³-hybridized carbons (Fsp3) is 0.562. The number of nitrogens with one attached hydrogen (secondary N) is 2. The van der Waals surface area contributed by atoms with Crippen molar-refractivity contribution >= 4 is 5.91 Å². The van der Waals surface area contributed by atoms with Crippen LogP contribution in [0.1, 0.15) is 19.4 Å². The van der Waals surface area contributed by atoms with Crippen molar-refractivity contribution in [3.8, 4) is 0 Å². The van der Waals surface area contributed by atoms with Crippen LogP contribution in [-0.4, -0.2) is 49.1 Å². The zero-order valence-electron chi connectivity index (χ0n) is 12.7. The first kappa shape index (κ1) is 15.9. The fourth-order valence-corrected chi connectivity index (χ4v) is 2.56. The highest BCUT2D eigenvalue weighted by Crippen LogP contribution is 2.06. The first-order valence-corrected chi connectivity index (χ1v) is 7.53. The molecule has 1 aromatic carbocycles. The highest BCUT2D eigenvalue weighted by molar-refractivity contribution is 5.78. The Morgan fingerprint density at radius 2 is 2.10 bits per heavy atom. The van der Waals surface area contributed by atoms with Crippen molar-refractivity contribution in [2.45, 2.75) is 32.4 Å². The summed E-state index contributed by atoms with van der Waals surface area (Å²) in [6.45, 7) is 7.10. The van der Waals surface area contributed by atoms with Crippen molar-refractivity contribution in [3.05, 3.63) is 35.6 Å². The summed E-state index contributed by atoms with van der Waals surface area (Å²) in [6.07, 6.45) is 0.722. The summed E-state index contributed by atoms with van der Waals surface area (Å²) in [5.74, 6) is -0.178. The molecule has 0 saturated carbocycles. The van der Waals surface area contributed by atoms with Gasteiger partial charge in [0.1, 0.15) is 5.82 Å². The maximum Gasteiger partial charge on any atom is 0.234 e. The van der Waals surface area contributed by atoms with E-state index in [1.54, 1.807) is 12.1 Å². The number of hydrogen-bond acceptors (Lipinski definition) is 3. The van der Waals surface area contributed by atoms with Gasteiger partial charge in [-0.1, -0.05) is 12.1 Å².